The van der Waals surface area contributed by atoms with Gasteiger partial charge in [-0.25, -0.2) is 0 Å². The molecule has 0 aromatic heterocycles. The lowest BCUT2D eigenvalue weighted by molar-refractivity contribution is -0.115. The van der Waals surface area contributed by atoms with Gasteiger partial charge in [-0.05, 0) is 72.6 Å². The number of aromatic hydroxyl groups is 1. The summed E-state index contributed by atoms with van der Waals surface area (Å²) >= 11 is 1.23. The Balaban J connectivity index is 1.21. The van der Waals surface area contributed by atoms with E-state index in [-0.39, 0.29) is 24.2 Å². The number of ether oxygens (including phenoxy) is 1. The van der Waals surface area contributed by atoms with Gasteiger partial charge in [-0.15, -0.1) is 0 Å². The molecule has 2 saturated heterocycles. The van der Waals surface area contributed by atoms with Gasteiger partial charge in [-0.3, -0.25) is 10.2 Å². The first-order chi connectivity index (χ1) is 18.3. The van der Waals surface area contributed by atoms with Crippen LogP contribution in [-0.2, 0) is 4.79 Å². The number of carbonyl (C=O) groups excluding carboxylic acids is 1. The van der Waals surface area contributed by atoms with Gasteiger partial charge in [0.25, 0.3) is 5.91 Å². The van der Waals surface area contributed by atoms with Crippen LogP contribution in [-0.4, -0.2) is 84.6 Å². The highest BCUT2D eigenvalue weighted by Gasteiger charge is 2.24. The number of nitrogens with zero attached hydrogens (tertiary/aromatic N) is 3. The van der Waals surface area contributed by atoms with Gasteiger partial charge in [-0.1, -0.05) is 12.1 Å². The van der Waals surface area contributed by atoms with Crippen LogP contribution < -0.4 is 20.3 Å². The fourth-order valence-corrected chi connectivity index (χ4v) is 4.87. The molecule has 2 aromatic rings. The summed E-state index contributed by atoms with van der Waals surface area (Å²) in [4.78, 5) is 20.9. The number of aliphatic imine (C=N–C) groups is 1. The lowest BCUT2D eigenvalue weighted by atomic mass is 10.0. The van der Waals surface area contributed by atoms with Gasteiger partial charge in [0.05, 0.1) is 4.91 Å². The monoisotopic (exact) mass is 538 g/mol. The summed E-state index contributed by atoms with van der Waals surface area (Å²) in [6.45, 7) is 2.47. The van der Waals surface area contributed by atoms with Crippen molar-refractivity contribution in [2.45, 2.75) is 25.0 Å². The Morgan fingerprint density at radius 2 is 1.92 bits per heavy atom. The second-order valence-electron chi connectivity index (χ2n) is 9.42. The van der Waals surface area contributed by atoms with Gasteiger partial charge in [-0.2, -0.15) is 4.99 Å². The van der Waals surface area contributed by atoms with Crippen LogP contribution in [0.25, 0.3) is 6.08 Å². The highest BCUT2D eigenvalue weighted by Crippen LogP contribution is 2.27. The molecule has 202 valence electrons. The smallest absolute Gasteiger partial charge is 0.264 e. The second kappa shape index (κ2) is 12.8. The number of nitrogens with one attached hydrogen (secondary N) is 3. The topological polar surface area (TPSA) is 134 Å². The van der Waals surface area contributed by atoms with Gasteiger partial charge < -0.3 is 35.4 Å². The molecular weight excluding hydrogens is 504 g/mol. The molecule has 0 radical (unpaired) electrons. The van der Waals surface area contributed by atoms with E-state index in [1.54, 1.807) is 43.3 Å². The maximum atomic E-state index is 12.3. The fraction of sp³-hybridized carbons (Fsp3) is 0.370. The second-order valence-corrected chi connectivity index (χ2v) is 10.5. The number of benzene rings is 2. The number of amides is 1. The summed E-state index contributed by atoms with van der Waals surface area (Å²) in [5.74, 6) is 0.659. The van der Waals surface area contributed by atoms with Crippen molar-refractivity contribution in [2.75, 3.05) is 45.2 Å². The number of guanidine groups is 1. The predicted molar refractivity (Wildman–Crippen MR) is 152 cm³/mol. The zero-order chi connectivity index (χ0) is 27.1. The number of amidine groups is 1. The minimum atomic E-state index is -0.619. The molecule has 11 heteroatoms. The SMILES string of the molecule is CN(C)C(=N)/N=C1/NC(=O)C(=Cc2ccc(N3CCC(NC[C@H](O)COc4ccc(O)cc4)CC3)cc2)S1. The molecule has 4 rings (SSSR count). The van der Waals surface area contributed by atoms with E-state index >= 15 is 0 Å². The average Bonchev–Trinajstić information content (AvgIpc) is 3.25. The lowest BCUT2D eigenvalue weighted by Crippen LogP contribution is -2.45. The van der Waals surface area contributed by atoms with E-state index in [1.807, 2.05) is 18.2 Å². The molecule has 0 aliphatic carbocycles. The van der Waals surface area contributed by atoms with Gasteiger partial charge in [0.2, 0.25) is 5.96 Å². The Labute approximate surface area is 226 Å². The molecule has 2 heterocycles. The predicted octanol–water partition coefficient (Wildman–Crippen LogP) is 2.45. The quantitative estimate of drug-likeness (QED) is 0.197. The molecule has 1 atom stereocenters. The third-order valence-corrected chi connectivity index (χ3v) is 7.16. The Kier molecular flexibility index (Phi) is 9.27. The van der Waals surface area contributed by atoms with Crippen molar-refractivity contribution < 1.29 is 19.7 Å². The molecule has 0 spiro atoms. The van der Waals surface area contributed by atoms with Crippen molar-refractivity contribution in [1.29, 1.82) is 5.41 Å². The Morgan fingerprint density at radius 1 is 1.24 bits per heavy atom. The molecule has 2 aliphatic rings. The van der Waals surface area contributed by atoms with E-state index in [0.29, 0.717) is 28.4 Å². The zero-order valence-electron chi connectivity index (χ0n) is 21.6. The highest BCUT2D eigenvalue weighted by atomic mass is 32.2. The summed E-state index contributed by atoms with van der Waals surface area (Å²) in [7, 11) is 3.46. The minimum absolute atomic E-state index is 0.0770. The first-order valence-electron chi connectivity index (χ1n) is 12.5. The summed E-state index contributed by atoms with van der Waals surface area (Å²) in [5.41, 5.74) is 2.06. The number of phenols is 1. The molecular formula is C27H34N6O4S. The Morgan fingerprint density at radius 3 is 2.58 bits per heavy atom. The van der Waals surface area contributed by atoms with Crippen molar-refractivity contribution in [1.82, 2.24) is 15.5 Å². The number of carbonyl (C=O) groups is 1. The van der Waals surface area contributed by atoms with Crippen LogP contribution >= 0.6 is 11.8 Å². The summed E-state index contributed by atoms with van der Waals surface area (Å²) in [6.07, 6.45) is 3.15. The molecule has 38 heavy (non-hydrogen) atoms. The van der Waals surface area contributed by atoms with E-state index in [4.69, 9.17) is 10.1 Å². The van der Waals surface area contributed by atoms with Gasteiger partial charge >= 0.3 is 0 Å². The molecule has 1 amide bonds. The molecule has 0 bridgehead atoms. The number of aliphatic hydroxyl groups excluding tert-OH is 1. The normalized spacial score (nSPS) is 19.0. The maximum Gasteiger partial charge on any atom is 0.264 e. The standard InChI is InChI=1S/C27H34N6O4S/c1-32(2)26(28)31-27-30-25(36)24(38-27)15-18-3-5-20(6-4-18)33-13-11-19(12-14-33)29-16-22(35)17-37-23-9-7-21(34)8-10-23/h3-10,15,19,22,29,34-35H,11-14,16-17H2,1-2H3,(H2,28,30,31,36)/t22-/m0/s1. The average molecular weight is 539 g/mol. The zero-order valence-corrected chi connectivity index (χ0v) is 22.4. The number of aliphatic hydroxyl groups is 1. The summed E-state index contributed by atoms with van der Waals surface area (Å²) < 4.78 is 5.57. The van der Waals surface area contributed by atoms with Crippen LogP contribution in [0.5, 0.6) is 11.5 Å². The minimum Gasteiger partial charge on any atom is -0.508 e. The summed E-state index contributed by atoms with van der Waals surface area (Å²) in [6, 6.07) is 14.9. The number of phenolic OH excluding ortho intramolecular Hbond substituents is 1. The van der Waals surface area contributed by atoms with Crippen molar-refractivity contribution in [3.8, 4) is 11.5 Å². The van der Waals surface area contributed by atoms with E-state index < -0.39 is 6.10 Å². The fourth-order valence-electron chi connectivity index (χ4n) is 4.05. The molecule has 0 unspecified atom stereocenters. The van der Waals surface area contributed by atoms with E-state index in [0.717, 1.165) is 37.2 Å². The van der Waals surface area contributed by atoms with Crippen molar-refractivity contribution in [3.05, 3.63) is 59.0 Å². The Bertz CT molecular complexity index is 1180. The first kappa shape index (κ1) is 27.5. The number of piperidine rings is 1. The molecule has 0 saturated carbocycles. The molecule has 10 nitrogen and oxygen atoms in total. The van der Waals surface area contributed by atoms with Crippen LogP contribution in [0.4, 0.5) is 5.69 Å². The van der Waals surface area contributed by atoms with Crippen LogP contribution in [0.3, 0.4) is 0 Å². The van der Waals surface area contributed by atoms with Crippen molar-refractivity contribution in [3.63, 3.8) is 0 Å². The van der Waals surface area contributed by atoms with Gasteiger partial charge in [0.15, 0.2) is 5.17 Å². The number of anilines is 1. The molecule has 2 fully saturated rings. The number of rotatable bonds is 8. The molecule has 2 aromatic carbocycles. The third kappa shape index (κ3) is 7.73. The molecule has 2 aliphatic heterocycles. The van der Waals surface area contributed by atoms with Gasteiger partial charge in [0, 0.05) is 45.5 Å². The lowest BCUT2D eigenvalue weighted by Gasteiger charge is -2.34. The van der Waals surface area contributed by atoms with Crippen LogP contribution in [0, 0.1) is 5.41 Å². The largest absolute Gasteiger partial charge is 0.508 e. The maximum absolute atomic E-state index is 12.3. The van der Waals surface area contributed by atoms with E-state index in [1.165, 1.54) is 11.8 Å². The van der Waals surface area contributed by atoms with Gasteiger partial charge in [0.1, 0.15) is 24.2 Å². The number of hydrogen-bond acceptors (Lipinski definition) is 8. The van der Waals surface area contributed by atoms with Crippen LogP contribution in [0.2, 0.25) is 0 Å². The van der Waals surface area contributed by atoms with Crippen LogP contribution in [0.15, 0.2) is 58.4 Å². The highest BCUT2D eigenvalue weighted by molar-refractivity contribution is 8.18. The van der Waals surface area contributed by atoms with E-state index in [2.05, 4.69) is 32.7 Å². The molecule has 5 N–H and O–H groups in total. The first-order valence-corrected chi connectivity index (χ1v) is 13.3. The number of hydrogen-bond donors (Lipinski definition) is 5. The summed E-state index contributed by atoms with van der Waals surface area (Å²) in [5, 5.41) is 33.9. The van der Waals surface area contributed by atoms with Crippen molar-refractivity contribution >= 4 is 40.6 Å². The Hall–Kier alpha value is -3.54. The third-order valence-electron chi connectivity index (χ3n) is 6.25. The van der Waals surface area contributed by atoms with Crippen molar-refractivity contribution in [2.24, 2.45) is 4.99 Å². The van der Waals surface area contributed by atoms with E-state index in [9.17, 15) is 15.0 Å². The van der Waals surface area contributed by atoms with Crippen LogP contribution in [0.1, 0.15) is 18.4 Å². The number of thioether (sulfide) groups is 1.